The third-order valence-corrected chi connectivity index (χ3v) is 4.20. The van der Waals surface area contributed by atoms with Gasteiger partial charge in [-0.2, -0.15) is 0 Å². The fourth-order valence-corrected chi connectivity index (χ4v) is 2.80. The summed E-state index contributed by atoms with van der Waals surface area (Å²) in [5.41, 5.74) is 5.72. The Morgan fingerprint density at radius 2 is 1.57 bits per heavy atom. The van der Waals surface area contributed by atoms with E-state index in [0.717, 1.165) is 12.1 Å². The average Bonchev–Trinajstić information content (AvgIpc) is 2.37. The lowest BCUT2D eigenvalue weighted by atomic mass is 10.2. The summed E-state index contributed by atoms with van der Waals surface area (Å²) >= 11 is 4.76. The molecule has 0 spiro atoms. The second-order valence-corrected chi connectivity index (χ2v) is 6.27. The Kier molecular flexibility index (Phi) is 4.19. The Labute approximate surface area is 125 Å². The van der Waals surface area contributed by atoms with Crippen LogP contribution in [0.15, 0.2) is 47.4 Å². The molecule has 0 fully saturated rings. The van der Waals surface area contributed by atoms with Crippen LogP contribution in [0.5, 0.6) is 0 Å². The Morgan fingerprint density at radius 3 is 2.05 bits per heavy atom. The minimum atomic E-state index is -3.96. The molecule has 2 aromatic rings. The van der Waals surface area contributed by atoms with Crippen LogP contribution in [0, 0.1) is 11.6 Å². The van der Waals surface area contributed by atoms with Crippen molar-refractivity contribution < 1.29 is 17.2 Å². The Balaban J connectivity index is 2.31. The topological polar surface area (TPSA) is 72.2 Å². The van der Waals surface area contributed by atoms with Gasteiger partial charge in [-0.05, 0) is 24.3 Å². The summed E-state index contributed by atoms with van der Waals surface area (Å²) in [5, 5.41) is 0. The molecule has 2 aromatic carbocycles. The molecule has 0 aliphatic rings. The summed E-state index contributed by atoms with van der Waals surface area (Å²) in [6.07, 6.45) is 0. The van der Waals surface area contributed by atoms with E-state index in [0.29, 0.717) is 11.6 Å². The molecule has 0 aliphatic heterocycles. The van der Waals surface area contributed by atoms with Gasteiger partial charge in [0.2, 0.25) is 0 Å². The van der Waals surface area contributed by atoms with Gasteiger partial charge in [-0.3, -0.25) is 4.72 Å². The van der Waals surface area contributed by atoms with Crippen molar-refractivity contribution >= 4 is 32.9 Å². The van der Waals surface area contributed by atoms with Crippen LogP contribution in [0.4, 0.5) is 14.5 Å². The van der Waals surface area contributed by atoms with Crippen LogP contribution in [0.25, 0.3) is 0 Å². The van der Waals surface area contributed by atoms with Crippen molar-refractivity contribution in [2.24, 2.45) is 5.73 Å². The van der Waals surface area contributed by atoms with Crippen molar-refractivity contribution in [3.05, 3.63) is 59.7 Å². The minimum Gasteiger partial charge on any atom is -0.389 e. The van der Waals surface area contributed by atoms with Crippen molar-refractivity contribution in [3.63, 3.8) is 0 Å². The number of rotatable bonds is 4. The Hall–Kier alpha value is -2.06. The average molecular weight is 328 g/mol. The number of nitrogens with two attached hydrogens (primary N) is 1. The van der Waals surface area contributed by atoms with Gasteiger partial charge < -0.3 is 5.73 Å². The van der Waals surface area contributed by atoms with E-state index in [1.165, 1.54) is 24.3 Å². The number of halogens is 2. The van der Waals surface area contributed by atoms with Gasteiger partial charge in [0, 0.05) is 11.6 Å². The minimum absolute atomic E-state index is 0.0767. The van der Waals surface area contributed by atoms with Crippen LogP contribution in [0.2, 0.25) is 0 Å². The fourth-order valence-electron chi connectivity index (χ4n) is 1.63. The van der Waals surface area contributed by atoms with Gasteiger partial charge >= 0.3 is 0 Å². The first kappa shape index (κ1) is 15.3. The molecular weight excluding hydrogens is 318 g/mol. The largest absolute Gasteiger partial charge is 0.389 e. The Bertz CT molecular complexity index is 770. The number of thiocarbonyl (C=S) groups is 1. The fraction of sp³-hybridized carbons (Fsp3) is 0. The van der Waals surface area contributed by atoms with E-state index in [9.17, 15) is 17.2 Å². The summed E-state index contributed by atoms with van der Waals surface area (Å²) in [6.45, 7) is 0. The van der Waals surface area contributed by atoms with Gasteiger partial charge in [0.25, 0.3) is 10.0 Å². The molecule has 0 radical (unpaired) electrons. The second-order valence-electron chi connectivity index (χ2n) is 4.15. The van der Waals surface area contributed by atoms with Crippen molar-refractivity contribution in [3.8, 4) is 0 Å². The number of hydrogen-bond donors (Lipinski definition) is 2. The van der Waals surface area contributed by atoms with Gasteiger partial charge in [0.05, 0.1) is 10.6 Å². The summed E-state index contributed by atoms with van der Waals surface area (Å²) < 4.78 is 52.4. The highest BCUT2D eigenvalue weighted by Crippen LogP contribution is 2.18. The molecular formula is C13H10F2N2O2S2. The van der Waals surface area contributed by atoms with E-state index in [2.05, 4.69) is 4.72 Å². The molecule has 0 amide bonds. The Morgan fingerprint density at radius 1 is 1.05 bits per heavy atom. The van der Waals surface area contributed by atoms with Gasteiger partial charge in [0.15, 0.2) is 0 Å². The second kappa shape index (κ2) is 5.74. The molecule has 0 bridgehead atoms. The highest BCUT2D eigenvalue weighted by molar-refractivity contribution is 7.92. The monoisotopic (exact) mass is 328 g/mol. The predicted octanol–water partition coefficient (Wildman–Crippen LogP) is 2.40. The van der Waals surface area contributed by atoms with Crippen molar-refractivity contribution in [1.82, 2.24) is 0 Å². The molecule has 0 aromatic heterocycles. The van der Waals surface area contributed by atoms with Crippen LogP contribution in [-0.2, 0) is 10.0 Å². The van der Waals surface area contributed by atoms with Crippen molar-refractivity contribution in [1.29, 1.82) is 0 Å². The number of nitrogens with one attached hydrogen (secondary N) is 1. The maximum Gasteiger partial charge on any atom is 0.261 e. The highest BCUT2D eigenvalue weighted by atomic mass is 32.2. The number of anilines is 1. The molecule has 0 atom stereocenters. The van der Waals surface area contributed by atoms with Crippen LogP contribution < -0.4 is 10.5 Å². The van der Waals surface area contributed by atoms with Gasteiger partial charge in [-0.15, -0.1) is 0 Å². The summed E-state index contributed by atoms with van der Waals surface area (Å²) in [5.74, 6) is -1.76. The van der Waals surface area contributed by atoms with E-state index in [1.807, 2.05) is 0 Å². The third kappa shape index (κ3) is 3.73. The van der Waals surface area contributed by atoms with Crippen LogP contribution in [0.3, 0.4) is 0 Å². The molecule has 4 nitrogen and oxygen atoms in total. The smallest absolute Gasteiger partial charge is 0.261 e. The molecule has 2 rings (SSSR count). The number of sulfonamides is 1. The number of hydrogen-bond acceptors (Lipinski definition) is 3. The SMILES string of the molecule is NC(=S)c1ccc(S(=O)(=O)Nc2cc(F)cc(F)c2)cc1. The first-order valence-corrected chi connectivity index (χ1v) is 7.56. The summed E-state index contributed by atoms with van der Waals surface area (Å²) in [4.78, 5) is 0.0614. The van der Waals surface area contributed by atoms with Crippen molar-refractivity contribution in [2.75, 3.05) is 4.72 Å². The van der Waals surface area contributed by atoms with E-state index < -0.39 is 21.7 Å². The van der Waals surface area contributed by atoms with Gasteiger partial charge in [-0.25, -0.2) is 17.2 Å². The first-order valence-electron chi connectivity index (χ1n) is 5.67. The van der Waals surface area contributed by atoms with Gasteiger partial charge in [0.1, 0.15) is 16.6 Å². The molecule has 110 valence electrons. The molecule has 0 aliphatic carbocycles. The normalized spacial score (nSPS) is 11.1. The molecule has 0 heterocycles. The molecule has 21 heavy (non-hydrogen) atoms. The lowest BCUT2D eigenvalue weighted by Crippen LogP contribution is -2.14. The summed E-state index contributed by atoms with van der Waals surface area (Å²) in [6, 6.07) is 7.90. The zero-order chi connectivity index (χ0) is 15.6. The first-order chi connectivity index (χ1) is 9.78. The zero-order valence-corrected chi connectivity index (χ0v) is 12.1. The quantitative estimate of drug-likeness (QED) is 0.846. The van der Waals surface area contributed by atoms with Crippen LogP contribution in [-0.4, -0.2) is 13.4 Å². The molecule has 0 saturated carbocycles. The van der Waals surface area contributed by atoms with Crippen LogP contribution >= 0.6 is 12.2 Å². The van der Waals surface area contributed by atoms with E-state index in [1.54, 1.807) is 0 Å². The maximum atomic E-state index is 13.0. The van der Waals surface area contributed by atoms with Gasteiger partial charge in [-0.1, -0.05) is 24.4 Å². The zero-order valence-electron chi connectivity index (χ0n) is 10.5. The molecule has 8 heteroatoms. The number of benzene rings is 2. The molecule has 0 unspecified atom stereocenters. The van der Waals surface area contributed by atoms with Crippen LogP contribution in [0.1, 0.15) is 5.56 Å². The molecule has 3 N–H and O–H groups in total. The standard InChI is InChI=1S/C13H10F2N2O2S2/c14-9-5-10(15)7-11(6-9)17-21(18,19)12-3-1-8(2-4-12)13(16)20/h1-7,17H,(H2,16,20). The van der Waals surface area contributed by atoms with Crippen molar-refractivity contribution in [2.45, 2.75) is 4.90 Å². The third-order valence-electron chi connectivity index (χ3n) is 2.56. The highest BCUT2D eigenvalue weighted by Gasteiger charge is 2.15. The van der Waals surface area contributed by atoms with E-state index >= 15 is 0 Å². The van der Waals surface area contributed by atoms with E-state index in [-0.39, 0.29) is 15.6 Å². The van der Waals surface area contributed by atoms with E-state index in [4.69, 9.17) is 18.0 Å². The maximum absolute atomic E-state index is 13.0. The lowest BCUT2D eigenvalue weighted by Gasteiger charge is -2.09. The predicted molar refractivity (Wildman–Crippen MR) is 79.5 cm³/mol. The lowest BCUT2D eigenvalue weighted by molar-refractivity contribution is 0.584. The summed E-state index contributed by atoms with van der Waals surface area (Å²) in [7, 11) is -3.96. The molecule has 0 saturated heterocycles.